The number of anilines is 1. The summed E-state index contributed by atoms with van der Waals surface area (Å²) < 4.78 is 25.6. The Morgan fingerprint density at radius 3 is 2.23 bits per heavy atom. The van der Waals surface area contributed by atoms with E-state index >= 15 is 0 Å². The van der Waals surface area contributed by atoms with E-state index in [0.717, 1.165) is 16.3 Å². The molecule has 2 N–H and O–H groups in total. The molecule has 0 saturated carbocycles. The highest BCUT2D eigenvalue weighted by molar-refractivity contribution is 7.89. The van der Waals surface area contributed by atoms with Crippen molar-refractivity contribution in [3.05, 3.63) is 64.5 Å². The van der Waals surface area contributed by atoms with E-state index in [1.807, 2.05) is 36.6 Å². The fourth-order valence-electron chi connectivity index (χ4n) is 2.33. The van der Waals surface area contributed by atoms with Crippen molar-refractivity contribution < 1.29 is 13.2 Å². The van der Waals surface area contributed by atoms with E-state index in [-0.39, 0.29) is 10.8 Å². The number of aryl methyl sites for hydroxylation is 1. The third-order valence-corrected chi connectivity index (χ3v) is 5.96. The molecule has 6 nitrogen and oxygen atoms in total. The first-order valence-electron chi connectivity index (χ1n) is 7.76. The molecule has 0 spiro atoms. The smallest absolute Gasteiger partial charge is 0.255 e. The molecule has 8 heteroatoms. The van der Waals surface area contributed by atoms with Crippen LogP contribution >= 0.6 is 11.3 Å². The second-order valence-electron chi connectivity index (χ2n) is 5.52. The summed E-state index contributed by atoms with van der Waals surface area (Å²) in [6.07, 6.45) is 0. The molecule has 3 aromatic rings. The molecule has 0 saturated heterocycles. The maximum Gasteiger partial charge on any atom is 0.255 e. The van der Waals surface area contributed by atoms with Gasteiger partial charge in [-0.15, -0.1) is 11.3 Å². The lowest BCUT2D eigenvalue weighted by atomic mass is 10.1. The first kappa shape index (κ1) is 18.2. The van der Waals surface area contributed by atoms with Crippen LogP contribution in [0.5, 0.6) is 0 Å². The minimum atomic E-state index is -3.52. The fourth-order valence-corrected chi connectivity index (χ4v) is 3.68. The molecule has 0 unspecified atom stereocenters. The van der Waals surface area contributed by atoms with Gasteiger partial charge in [0.2, 0.25) is 10.0 Å². The highest BCUT2D eigenvalue weighted by atomic mass is 32.2. The lowest BCUT2D eigenvalue weighted by Crippen LogP contribution is -2.19. The van der Waals surface area contributed by atoms with Crippen LogP contribution in [0.2, 0.25) is 0 Å². The number of rotatable bonds is 5. The van der Waals surface area contributed by atoms with Crippen LogP contribution in [0.15, 0.2) is 58.8 Å². The zero-order chi connectivity index (χ0) is 18.7. The highest BCUT2D eigenvalue weighted by Crippen LogP contribution is 2.23. The van der Waals surface area contributed by atoms with Crippen LogP contribution in [-0.2, 0) is 10.0 Å². The second kappa shape index (κ2) is 7.36. The molecule has 2 aromatic carbocycles. The summed E-state index contributed by atoms with van der Waals surface area (Å²) in [6.45, 7) is 1.95. The second-order valence-corrected chi connectivity index (χ2v) is 8.46. The Bertz CT molecular complexity index is 1020. The minimum absolute atomic E-state index is 0.111. The largest absolute Gasteiger partial charge is 0.322 e. The number of hydrogen-bond acceptors (Lipinski definition) is 5. The van der Waals surface area contributed by atoms with E-state index in [0.29, 0.717) is 11.3 Å². The predicted molar refractivity (Wildman–Crippen MR) is 103 cm³/mol. The molecular formula is C18H17N3O3S2. The van der Waals surface area contributed by atoms with Crippen molar-refractivity contribution in [3.8, 4) is 11.3 Å². The van der Waals surface area contributed by atoms with Crippen molar-refractivity contribution in [2.45, 2.75) is 11.8 Å². The van der Waals surface area contributed by atoms with Gasteiger partial charge in [0.1, 0.15) is 0 Å². The maximum atomic E-state index is 12.3. The summed E-state index contributed by atoms with van der Waals surface area (Å²) in [4.78, 5) is 16.9. The van der Waals surface area contributed by atoms with E-state index in [1.165, 1.54) is 31.3 Å². The van der Waals surface area contributed by atoms with Crippen molar-refractivity contribution >= 4 is 33.0 Å². The molecule has 0 radical (unpaired) electrons. The molecule has 1 amide bonds. The number of nitrogens with one attached hydrogen (secondary N) is 2. The van der Waals surface area contributed by atoms with Crippen molar-refractivity contribution in [1.82, 2.24) is 9.71 Å². The summed E-state index contributed by atoms with van der Waals surface area (Å²) in [7, 11) is -2.18. The lowest BCUT2D eigenvalue weighted by molar-refractivity contribution is 0.102. The summed E-state index contributed by atoms with van der Waals surface area (Å²) in [6, 6.07) is 13.2. The van der Waals surface area contributed by atoms with Crippen molar-refractivity contribution in [1.29, 1.82) is 0 Å². The van der Waals surface area contributed by atoms with Crippen molar-refractivity contribution in [2.24, 2.45) is 0 Å². The molecule has 0 fully saturated rings. The monoisotopic (exact) mass is 387 g/mol. The number of hydrogen-bond donors (Lipinski definition) is 2. The van der Waals surface area contributed by atoms with Gasteiger partial charge in [0.05, 0.1) is 15.6 Å². The number of aromatic nitrogens is 1. The van der Waals surface area contributed by atoms with Gasteiger partial charge in [0.15, 0.2) is 0 Å². The van der Waals surface area contributed by atoms with Gasteiger partial charge in [-0.3, -0.25) is 4.79 Å². The zero-order valence-electron chi connectivity index (χ0n) is 14.2. The minimum Gasteiger partial charge on any atom is -0.322 e. The Morgan fingerprint density at radius 1 is 1.04 bits per heavy atom. The van der Waals surface area contributed by atoms with Crippen LogP contribution in [0.25, 0.3) is 11.3 Å². The first-order chi connectivity index (χ1) is 12.4. The quantitative estimate of drug-likeness (QED) is 0.703. The molecule has 3 rings (SSSR count). The number of nitrogens with zero attached hydrogens (tertiary/aromatic N) is 1. The van der Waals surface area contributed by atoms with Gasteiger partial charge in [-0.1, -0.05) is 12.1 Å². The summed E-state index contributed by atoms with van der Waals surface area (Å²) >= 11 is 1.59. The predicted octanol–water partition coefficient (Wildman–Crippen LogP) is 3.28. The highest BCUT2D eigenvalue weighted by Gasteiger charge is 2.13. The van der Waals surface area contributed by atoms with Crippen LogP contribution in [0, 0.1) is 6.92 Å². The van der Waals surface area contributed by atoms with E-state index in [2.05, 4.69) is 15.0 Å². The van der Waals surface area contributed by atoms with Crippen LogP contribution < -0.4 is 10.0 Å². The van der Waals surface area contributed by atoms with Crippen LogP contribution in [0.1, 0.15) is 15.4 Å². The Hall–Kier alpha value is -2.55. The molecule has 0 aliphatic carbocycles. The molecule has 1 aromatic heterocycles. The zero-order valence-corrected chi connectivity index (χ0v) is 15.8. The Kier molecular flexibility index (Phi) is 5.17. The molecule has 0 aliphatic rings. The lowest BCUT2D eigenvalue weighted by Gasteiger charge is -2.07. The number of sulfonamides is 1. The van der Waals surface area contributed by atoms with E-state index in [4.69, 9.17) is 0 Å². The van der Waals surface area contributed by atoms with Gasteiger partial charge in [-0.2, -0.15) is 0 Å². The SMILES string of the molecule is CNS(=O)(=O)c1ccc(C(=O)Nc2ccc(-c3csc(C)n3)cc2)cc1. The first-order valence-corrected chi connectivity index (χ1v) is 10.1. The Labute approximate surface area is 156 Å². The third-order valence-electron chi connectivity index (χ3n) is 3.75. The molecule has 0 aliphatic heterocycles. The number of benzene rings is 2. The van der Waals surface area contributed by atoms with Crippen LogP contribution in [-0.4, -0.2) is 26.4 Å². The van der Waals surface area contributed by atoms with Crippen molar-refractivity contribution in [3.63, 3.8) is 0 Å². The summed E-state index contributed by atoms with van der Waals surface area (Å²) in [5.74, 6) is -0.310. The maximum absolute atomic E-state index is 12.3. The van der Waals surface area contributed by atoms with Gasteiger partial charge in [0.25, 0.3) is 5.91 Å². The van der Waals surface area contributed by atoms with Gasteiger partial charge >= 0.3 is 0 Å². The molecule has 26 heavy (non-hydrogen) atoms. The van der Waals surface area contributed by atoms with Gasteiger partial charge in [-0.05, 0) is 50.4 Å². The van der Waals surface area contributed by atoms with Gasteiger partial charge in [-0.25, -0.2) is 18.1 Å². The molecular weight excluding hydrogens is 370 g/mol. The average Bonchev–Trinajstić information content (AvgIpc) is 3.09. The fraction of sp³-hybridized carbons (Fsp3) is 0.111. The average molecular weight is 387 g/mol. The molecule has 134 valence electrons. The summed E-state index contributed by atoms with van der Waals surface area (Å²) in [5, 5.41) is 5.78. The van der Waals surface area contributed by atoms with Crippen molar-refractivity contribution in [2.75, 3.05) is 12.4 Å². The summed E-state index contributed by atoms with van der Waals surface area (Å²) in [5.41, 5.74) is 2.91. The number of carbonyl (C=O) groups excluding carboxylic acids is 1. The third kappa shape index (κ3) is 3.98. The Morgan fingerprint density at radius 2 is 1.69 bits per heavy atom. The Balaban J connectivity index is 1.72. The van der Waals surface area contributed by atoms with E-state index in [1.54, 1.807) is 11.3 Å². The standard InChI is InChI=1S/C18H17N3O3S2/c1-12-20-17(11-25-12)13-3-7-15(8-4-13)21-18(22)14-5-9-16(10-6-14)26(23,24)19-2/h3-11,19H,1-2H3,(H,21,22). The molecule has 0 atom stereocenters. The van der Waals surface area contributed by atoms with Gasteiger partial charge < -0.3 is 5.32 Å². The van der Waals surface area contributed by atoms with Crippen LogP contribution in [0.4, 0.5) is 5.69 Å². The molecule has 1 heterocycles. The molecule has 0 bridgehead atoms. The topological polar surface area (TPSA) is 88.2 Å². The number of carbonyl (C=O) groups is 1. The van der Waals surface area contributed by atoms with Crippen LogP contribution in [0.3, 0.4) is 0 Å². The normalized spacial score (nSPS) is 11.3. The number of thiazole rings is 1. The number of amides is 1. The van der Waals surface area contributed by atoms with Gasteiger partial charge in [0, 0.05) is 22.2 Å². The van der Waals surface area contributed by atoms with E-state index < -0.39 is 10.0 Å². The van der Waals surface area contributed by atoms with E-state index in [9.17, 15) is 13.2 Å².